The standard InChI is InChI=1S/C21H26ClN3O3.C11H16N2O.C10H11Cl2NO2/c1-21(2,3)28-20(26)15-8-9-17(23-19(15)22)25-11-10-18(24-25)27-12-16(13-4-5-13)14-6-7-14;1-2-8(1)10(9-3-4-9)7-14-11-5-6-12-13-11;1-10(2,3)15-9(14)6-4-5-7(11)13-8(6)12/h8-11,13-14,16H,4-7,12H2,1-3H3;5-6,8-10H,1-4,7H2,(H,12,13);4-5H,1-3H3. The fourth-order valence-electron chi connectivity index (χ4n) is 6.55. The summed E-state index contributed by atoms with van der Waals surface area (Å²) >= 11 is 17.6. The van der Waals surface area contributed by atoms with E-state index in [9.17, 15) is 9.59 Å². The summed E-state index contributed by atoms with van der Waals surface area (Å²) in [6, 6.07) is 10.00. The van der Waals surface area contributed by atoms with Crippen molar-refractivity contribution < 1.29 is 28.5 Å². The summed E-state index contributed by atoms with van der Waals surface area (Å²) in [5, 5.41) is 11.5. The lowest BCUT2D eigenvalue weighted by Gasteiger charge is -2.19. The summed E-state index contributed by atoms with van der Waals surface area (Å²) in [4.78, 5) is 31.9. The van der Waals surface area contributed by atoms with Crippen LogP contribution in [0.3, 0.4) is 0 Å². The van der Waals surface area contributed by atoms with Crippen molar-refractivity contribution >= 4 is 46.7 Å². The van der Waals surface area contributed by atoms with E-state index in [4.69, 9.17) is 53.8 Å². The third kappa shape index (κ3) is 13.6. The van der Waals surface area contributed by atoms with Crippen molar-refractivity contribution in [2.45, 2.75) is 104 Å². The molecule has 8 rings (SSSR count). The Bertz CT molecular complexity index is 1940. The first-order valence-electron chi connectivity index (χ1n) is 19.8. The quantitative estimate of drug-likeness (QED) is 0.102. The number of halogens is 3. The van der Waals surface area contributed by atoms with Crippen LogP contribution in [-0.4, -0.2) is 66.3 Å². The Labute approximate surface area is 349 Å². The van der Waals surface area contributed by atoms with Crippen molar-refractivity contribution in [2.75, 3.05) is 13.2 Å². The minimum Gasteiger partial charge on any atom is -0.478 e. The number of H-pyrrole nitrogens is 1. The van der Waals surface area contributed by atoms with E-state index in [1.165, 1.54) is 63.5 Å². The normalized spacial score (nSPS) is 16.6. The van der Waals surface area contributed by atoms with Gasteiger partial charge >= 0.3 is 11.9 Å². The molecule has 4 aliphatic rings. The van der Waals surface area contributed by atoms with Gasteiger partial charge in [-0.25, -0.2) is 29.3 Å². The first kappa shape index (κ1) is 42.7. The lowest BCUT2D eigenvalue weighted by atomic mass is 9.99. The molecule has 0 bridgehead atoms. The second kappa shape index (κ2) is 18.4. The number of esters is 2. The summed E-state index contributed by atoms with van der Waals surface area (Å²) in [5.41, 5.74) is -0.691. The number of rotatable bonds is 13. The SMILES string of the molecule is CC(C)(C)OC(=O)c1ccc(-n2ccc(OCC(C3CC3)C3CC3)n2)nc1Cl.CC(C)(C)OC(=O)c1ccc(Cl)nc1Cl.c1cc(OCC(C2CC2)C2CC2)[nH]n1. The molecule has 4 fully saturated rings. The van der Waals surface area contributed by atoms with Gasteiger partial charge in [0.2, 0.25) is 11.8 Å². The maximum absolute atomic E-state index is 12.2. The number of nitrogens with zero attached hydrogens (tertiary/aromatic N) is 5. The Morgan fingerprint density at radius 2 is 1.19 bits per heavy atom. The van der Waals surface area contributed by atoms with Crippen LogP contribution in [0.4, 0.5) is 0 Å². The molecule has 0 saturated heterocycles. The molecule has 0 aromatic carbocycles. The van der Waals surface area contributed by atoms with E-state index in [1.807, 2.05) is 32.9 Å². The second-order valence-electron chi connectivity index (χ2n) is 17.3. The van der Waals surface area contributed by atoms with Crippen LogP contribution in [0.5, 0.6) is 11.8 Å². The lowest BCUT2D eigenvalue weighted by molar-refractivity contribution is 0.00567. The fourth-order valence-corrected chi connectivity index (χ4v) is 7.20. The molecule has 12 nitrogen and oxygen atoms in total. The zero-order valence-corrected chi connectivity index (χ0v) is 35.7. The molecule has 4 aromatic heterocycles. The predicted molar refractivity (Wildman–Crippen MR) is 218 cm³/mol. The summed E-state index contributed by atoms with van der Waals surface area (Å²) in [5.74, 6) is 6.03. The fraction of sp³-hybridized carbons (Fsp3) is 0.571. The van der Waals surface area contributed by atoms with Crippen molar-refractivity contribution in [3.63, 3.8) is 0 Å². The Hall–Kier alpha value is -3.87. The van der Waals surface area contributed by atoms with Crippen molar-refractivity contribution in [2.24, 2.45) is 35.5 Å². The molecule has 0 amide bonds. The number of ether oxygens (including phenoxy) is 4. The molecule has 0 unspecified atom stereocenters. The minimum atomic E-state index is -0.591. The number of aromatic amines is 1. The monoisotopic (exact) mass is 842 g/mol. The van der Waals surface area contributed by atoms with Crippen LogP contribution in [0.25, 0.3) is 5.82 Å². The van der Waals surface area contributed by atoms with Gasteiger partial charge in [0.15, 0.2) is 5.82 Å². The summed E-state index contributed by atoms with van der Waals surface area (Å²) in [6.07, 6.45) is 14.6. The Kier molecular flexibility index (Phi) is 13.8. The third-order valence-corrected chi connectivity index (χ3v) is 10.7. The highest BCUT2D eigenvalue weighted by Crippen LogP contribution is 2.50. The van der Waals surface area contributed by atoms with E-state index >= 15 is 0 Å². The molecule has 0 spiro atoms. The van der Waals surface area contributed by atoms with Gasteiger partial charge in [-0.1, -0.05) is 34.8 Å². The second-order valence-corrected chi connectivity index (χ2v) is 18.4. The van der Waals surface area contributed by atoms with E-state index in [2.05, 4.69) is 25.3 Å². The largest absolute Gasteiger partial charge is 0.478 e. The van der Waals surface area contributed by atoms with Gasteiger partial charge < -0.3 is 18.9 Å². The highest BCUT2D eigenvalue weighted by atomic mass is 35.5. The predicted octanol–water partition coefficient (Wildman–Crippen LogP) is 10.3. The van der Waals surface area contributed by atoms with Gasteiger partial charge in [0.1, 0.15) is 26.7 Å². The van der Waals surface area contributed by atoms with Crippen LogP contribution in [0.2, 0.25) is 15.5 Å². The number of nitrogens with one attached hydrogen (secondary N) is 1. The average molecular weight is 844 g/mol. The molecular formula is C42H53Cl3N6O6. The number of hydrogen-bond donors (Lipinski definition) is 1. The van der Waals surface area contributed by atoms with Crippen LogP contribution in [-0.2, 0) is 9.47 Å². The number of pyridine rings is 2. The number of aromatic nitrogens is 6. The van der Waals surface area contributed by atoms with Gasteiger partial charge in [-0.2, -0.15) is 5.10 Å². The van der Waals surface area contributed by atoms with Gasteiger partial charge in [0, 0.05) is 18.3 Å². The van der Waals surface area contributed by atoms with E-state index in [0.717, 1.165) is 48.7 Å². The number of hydrogen-bond acceptors (Lipinski definition) is 10. The molecule has 308 valence electrons. The van der Waals surface area contributed by atoms with Gasteiger partial charge in [-0.05, 0) is 153 Å². The molecule has 4 heterocycles. The first-order valence-corrected chi connectivity index (χ1v) is 20.9. The molecule has 1 N–H and O–H groups in total. The van der Waals surface area contributed by atoms with Crippen molar-refractivity contribution in [3.8, 4) is 17.6 Å². The molecular weight excluding hydrogens is 791 g/mol. The van der Waals surface area contributed by atoms with Gasteiger partial charge in [-0.3, -0.25) is 0 Å². The zero-order valence-electron chi connectivity index (χ0n) is 33.5. The Morgan fingerprint density at radius 1 is 0.702 bits per heavy atom. The lowest BCUT2D eigenvalue weighted by Crippen LogP contribution is -2.24. The molecule has 15 heteroatoms. The van der Waals surface area contributed by atoms with Crippen molar-refractivity contribution in [3.05, 3.63) is 75.4 Å². The molecule has 0 aliphatic heterocycles. The minimum absolute atomic E-state index is 0.0525. The summed E-state index contributed by atoms with van der Waals surface area (Å²) in [6.45, 7) is 12.4. The van der Waals surface area contributed by atoms with Crippen LogP contribution >= 0.6 is 34.8 Å². The van der Waals surface area contributed by atoms with Gasteiger partial charge in [0.25, 0.3) is 0 Å². The zero-order chi connectivity index (χ0) is 40.9. The molecule has 4 aliphatic carbocycles. The van der Waals surface area contributed by atoms with Crippen molar-refractivity contribution in [1.29, 1.82) is 0 Å². The topological polar surface area (TPSA) is 143 Å². The van der Waals surface area contributed by atoms with E-state index in [-0.39, 0.29) is 26.6 Å². The van der Waals surface area contributed by atoms with E-state index < -0.39 is 23.1 Å². The summed E-state index contributed by atoms with van der Waals surface area (Å²) in [7, 11) is 0. The molecule has 0 radical (unpaired) electrons. The summed E-state index contributed by atoms with van der Waals surface area (Å²) < 4.78 is 23.7. The van der Waals surface area contributed by atoms with Crippen LogP contribution in [0.1, 0.15) is 114 Å². The van der Waals surface area contributed by atoms with E-state index in [0.29, 0.717) is 17.6 Å². The van der Waals surface area contributed by atoms with Crippen molar-refractivity contribution in [1.82, 2.24) is 29.9 Å². The smallest absolute Gasteiger partial charge is 0.341 e. The van der Waals surface area contributed by atoms with Crippen LogP contribution in [0.15, 0.2) is 48.8 Å². The Morgan fingerprint density at radius 3 is 1.63 bits per heavy atom. The third-order valence-electron chi connectivity index (χ3n) is 9.93. The highest BCUT2D eigenvalue weighted by molar-refractivity contribution is 6.34. The number of carbonyl (C=O) groups is 2. The maximum Gasteiger partial charge on any atom is 0.341 e. The average Bonchev–Trinajstić information content (AvgIpc) is 3.89. The maximum atomic E-state index is 12.2. The van der Waals surface area contributed by atoms with E-state index in [1.54, 1.807) is 50.0 Å². The highest BCUT2D eigenvalue weighted by Gasteiger charge is 2.42. The van der Waals surface area contributed by atoms with Gasteiger partial charge in [-0.15, -0.1) is 5.10 Å². The van der Waals surface area contributed by atoms with Crippen LogP contribution < -0.4 is 9.47 Å². The van der Waals surface area contributed by atoms with Gasteiger partial charge in [0.05, 0.1) is 30.5 Å². The molecule has 4 aromatic rings. The first-order chi connectivity index (χ1) is 27.0. The molecule has 4 saturated carbocycles. The molecule has 57 heavy (non-hydrogen) atoms. The Balaban J connectivity index is 0.000000159. The number of carbonyl (C=O) groups excluding carboxylic acids is 2. The molecule has 0 atom stereocenters. The van der Waals surface area contributed by atoms with Crippen LogP contribution in [0, 0.1) is 35.5 Å².